The van der Waals surface area contributed by atoms with Crippen LogP contribution in [0.1, 0.15) is 39.5 Å². The number of carbonyl (C=O) groups is 2. The summed E-state index contributed by atoms with van der Waals surface area (Å²) in [5.41, 5.74) is 0. The molecule has 0 aliphatic carbocycles. The number of carbonyl (C=O) groups excluding carboxylic acids is 1. The number of nitrogens with one attached hydrogen (secondary N) is 1. The van der Waals surface area contributed by atoms with Crippen LogP contribution >= 0.6 is 0 Å². The van der Waals surface area contributed by atoms with Crippen LogP contribution in [0.3, 0.4) is 0 Å². The molecule has 0 bridgehead atoms. The van der Waals surface area contributed by atoms with Gasteiger partial charge in [-0.3, -0.25) is 9.59 Å². The molecule has 0 unspecified atom stereocenters. The second-order valence-corrected chi connectivity index (χ2v) is 4.53. The Morgan fingerprint density at radius 1 is 1.24 bits per heavy atom. The van der Waals surface area contributed by atoms with E-state index in [1.807, 2.05) is 0 Å². The molecule has 0 spiro atoms. The van der Waals surface area contributed by atoms with Crippen molar-refractivity contribution in [2.45, 2.75) is 45.6 Å². The number of hydrogen-bond acceptors (Lipinski definition) is 3. The molecule has 5 heteroatoms. The molecule has 100 valence electrons. The Morgan fingerprint density at radius 3 is 2.41 bits per heavy atom. The molecule has 0 radical (unpaired) electrons. The third kappa shape index (κ3) is 9.81. The minimum absolute atomic E-state index is 0.0570. The summed E-state index contributed by atoms with van der Waals surface area (Å²) in [7, 11) is 2.05. The summed E-state index contributed by atoms with van der Waals surface area (Å²) < 4.78 is 0. The molecule has 0 rings (SSSR count). The van der Waals surface area contributed by atoms with Crippen molar-refractivity contribution in [3.8, 4) is 0 Å². The van der Waals surface area contributed by atoms with Gasteiger partial charge < -0.3 is 15.3 Å². The molecule has 0 aliphatic rings. The van der Waals surface area contributed by atoms with Gasteiger partial charge in [0.05, 0.1) is 0 Å². The molecule has 0 aromatic carbocycles. The van der Waals surface area contributed by atoms with E-state index in [2.05, 4.69) is 31.1 Å². The Kier molecular flexibility index (Phi) is 8.40. The third-order valence-electron chi connectivity index (χ3n) is 2.69. The van der Waals surface area contributed by atoms with E-state index in [4.69, 9.17) is 5.11 Å². The topological polar surface area (TPSA) is 69.6 Å². The maximum absolute atomic E-state index is 11.3. The Hall–Kier alpha value is -1.10. The van der Waals surface area contributed by atoms with E-state index in [-0.39, 0.29) is 12.3 Å². The second kappa shape index (κ2) is 8.98. The van der Waals surface area contributed by atoms with Crippen LogP contribution in [0.5, 0.6) is 0 Å². The molecule has 0 heterocycles. The van der Waals surface area contributed by atoms with Gasteiger partial charge in [0.2, 0.25) is 5.91 Å². The fourth-order valence-corrected chi connectivity index (χ4v) is 1.30. The van der Waals surface area contributed by atoms with Crippen molar-refractivity contribution in [1.82, 2.24) is 10.2 Å². The molecule has 1 amide bonds. The first-order valence-electron chi connectivity index (χ1n) is 6.12. The first-order chi connectivity index (χ1) is 7.93. The lowest BCUT2D eigenvalue weighted by molar-refractivity contribution is -0.137. The van der Waals surface area contributed by atoms with Crippen LogP contribution in [0, 0.1) is 0 Å². The standard InChI is InChI=1S/C12H24N2O3/c1-10(2)14(3)9-5-8-13-11(15)6-4-7-12(16)17/h10H,4-9H2,1-3H3,(H,13,15)(H,16,17). The lowest BCUT2D eigenvalue weighted by atomic mass is 10.2. The van der Waals surface area contributed by atoms with Crippen molar-refractivity contribution < 1.29 is 14.7 Å². The molecular weight excluding hydrogens is 220 g/mol. The maximum atomic E-state index is 11.3. The number of aliphatic carboxylic acids is 1. The Labute approximate surface area is 103 Å². The zero-order valence-corrected chi connectivity index (χ0v) is 11.0. The molecule has 0 fully saturated rings. The van der Waals surface area contributed by atoms with Gasteiger partial charge in [-0.15, -0.1) is 0 Å². The largest absolute Gasteiger partial charge is 0.481 e. The first-order valence-corrected chi connectivity index (χ1v) is 6.12. The van der Waals surface area contributed by atoms with Crippen molar-refractivity contribution >= 4 is 11.9 Å². The maximum Gasteiger partial charge on any atom is 0.303 e. The molecule has 5 nitrogen and oxygen atoms in total. The van der Waals surface area contributed by atoms with Crippen LogP contribution in [-0.4, -0.2) is 48.1 Å². The number of hydrogen-bond donors (Lipinski definition) is 2. The lowest BCUT2D eigenvalue weighted by Crippen LogP contribution is -2.31. The highest BCUT2D eigenvalue weighted by molar-refractivity contribution is 5.76. The van der Waals surface area contributed by atoms with Gasteiger partial charge in [-0.25, -0.2) is 0 Å². The highest BCUT2D eigenvalue weighted by Crippen LogP contribution is 1.96. The van der Waals surface area contributed by atoms with Gasteiger partial charge in [0.15, 0.2) is 0 Å². The zero-order valence-electron chi connectivity index (χ0n) is 11.0. The summed E-state index contributed by atoms with van der Waals surface area (Å²) in [6, 6.07) is 0.515. The van der Waals surface area contributed by atoms with E-state index in [0.717, 1.165) is 13.0 Å². The molecule has 0 saturated heterocycles. The normalized spacial score (nSPS) is 10.9. The van der Waals surface area contributed by atoms with E-state index >= 15 is 0 Å². The van der Waals surface area contributed by atoms with Gasteiger partial charge in [0.25, 0.3) is 0 Å². The van der Waals surface area contributed by atoms with Crippen molar-refractivity contribution in [2.75, 3.05) is 20.1 Å². The number of carboxylic acids is 1. The average molecular weight is 244 g/mol. The van der Waals surface area contributed by atoms with Crippen LogP contribution in [0.4, 0.5) is 0 Å². The summed E-state index contributed by atoms with van der Waals surface area (Å²) in [6.45, 7) is 5.87. The van der Waals surface area contributed by atoms with Crippen molar-refractivity contribution in [1.29, 1.82) is 0 Å². The molecule has 0 aromatic heterocycles. The molecule has 0 aromatic rings. The van der Waals surface area contributed by atoms with Gasteiger partial charge in [-0.05, 0) is 40.3 Å². The lowest BCUT2D eigenvalue weighted by Gasteiger charge is -2.20. The van der Waals surface area contributed by atoms with Crippen LogP contribution in [0.2, 0.25) is 0 Å². The first kappa shape index (κ1) is 15.9. The predicted molar refractivity (Wildman–Crippen MR) is 66.9 cm³/mol. The van der Waals surface area contributed by atoms with Gasteiger partial charge in [-0.2, -0.15) is 0 Å². The Bertz CT molecular complexity index is 242. The van der Waals surface area contributed by atoms with E-state index in [0.29, 0.717) is 25.4 Å². The SMILES string of the molecule is CC(C)N(C)CCCNC(=O)CCCC(=O)O. The molecule has 0 aliphatic heterocycles. The number of rotatable bonds is 9. The fraction of sp³-hybridized carbons (Fsp3) is 0.833. The molecule has 0 atom stereocenters. The van der Waals surface area contributed by atoms with Crippen molar-refractivity contribution in [2.24, 2.45) is 0 Å². The number of amides is 1. The number of nitrogens with zero attached hydrogens (tertiary/aromatic N) is 1. The van der Waals surface area contributed by atoms with Crippen molar-refractivity contribution in [3.05, 3.63) is 0 Å². The van der Waals surface area contributed by atoms with Crippen LogP contribution in [0.25, 0.3) is 0 Å². The second-order valence-electron chi connectivity index (χ2n) is 4.53. The van der Waals surface area contributed by atoms with E-state index < -0.39 is 5.97 Å². The molecule has 0 saturated carbocycles. The quantitative estimate of drug-likeness (QED) is 0.596. The van der Waals surface area contributed by atoms with Gasteiger partial charge in [-0.1, -0.05) is 0 Å². The monoisotopic (exact) mass is 244 g/mol. The highest BCUT2D eigenvalue weighted by Gasteiger charge is 2.04. The average Bonchev–Trinajstić information content (AvgIpc) is 2.23. The molecule has 17 heavy (non-hydrogen) atoms. The summed E-state index contributed by atoms with van der Waals surface area (Å²) in [5.74, 6) is -0.908. The summed E-state index contributed by atoms with van der Waals surface area (Å²) in [4.78, 5) is 23.7. The highest BCUT2D eigenvalue weighted by atomic mass is 16.4. The summed E-state index contributed by atoms with van der Waals surface area (Å²) >= 11 is 0. The van der Waals surface area contributed by atoms with E-state index in [1.165, 1.54) is 0 Å². The van der Waals surface area contributed by atoms with Crippen molar-refractivity contribution in [3.63, 3.8) is 0 Å². The van der Waals surface area contributed by atoms with Gasteiger partial charge >= 0.3 is 5.97 Å². The summed E-state index contributed by atoms with van der Waals surface area (Å²) in [6.07, 6.45) is 1.68. The van der Waals surface area contributed by atoms with Crippen LogP contribution in [0.15, 0.2) is 0 Å². The predicted octanol–water partition coefficient (Wildman–Crippen LogP) is 1.09. The van der Waals surface area contributed by atoms with Gasteiger partial charge in [0, 0.05) is 25.4 Å². The van der Waals surface area contributed by atoms with Crippen LogP contribution < -0.4 is 5.32 Å². The smallest absolute Gasteiger partial charge is 0.303 e. The van der Waals surface area contributed by atoms with Crippen LogP contribution in [-0.2, 0) is 9.59 Å². The molecule has 2 N–H and O–H groups in total. The van der Waals surface area contributed by atoms with E-state index in [1.54, 1.807) is 0 Å². The summed E-state index contributed by atoms with van der Waals surface area (Å²) in [5, 5.41) is 11.2. The number of carboxylic acid groups (broad SMARTS) is 1. The Balaban J connectivity index is 3.42. The third-order valence-corrected chi connectivity index (χ3v) is 2.69. The van der Waals surface area contributed by atoms with Gasteiger partial charge in [0.1, 0.15) is 0 Å². The minimum atomic E-state index is -0.851. The zero-order chi connectivity index (χ0) is 13.3. The molecular formula is C12H24N2O3. The van der Waals surface area contributed by atoms with E-state index in [9.17, 15) is 9.59 Å². The fourth-order valence-electron chi connectivity index (χ4n) is 1.30. The minimum Gasteiger partial charge on any atom is -0.481 e. The Morgan fingerprint density at radius 2 is 1.88 bits per heavy atom.